The minimum atomic E-state index is -0.794. The number of carbonyl (C=O) groups excluding carboxylic acids is 1. The van der Waals surface area contributed by atoms with Crippen molar-refractivity contribution >= 4 is 34.6 Å². The lowest BCUT2D eigenvalue weighted by Crippen LogP contribution is -2.30. The van der Waals surface area contributed by atoms with Gasteiger partial charge in [0.1, 0.15) is 16.5 Å². The Hall–Kier alpha value is -2.80. The first-order chi connectivity index (χ1) is 10.6. The lowest BCUT2D eigenvalue weighted by molar-refractivity contribution is 0.249. The van der Waals surface area contributed by atoms with E-state index >= 15 is 0 Å². The summed E-state index contributed by atoms with van der Waals surface area (Å²) in [7, 11) is 0. The molecule has 112 valence electrons. The average Bonchev–Trinajstić information content (AvgIpc) is 2.50. The third-order valence-corrected chi connectivity index (χ3v) is 2.94. The first kappa shape index (κ1) is 15.6. The predicted molar refractivity (Wildman–Crippen MR) is 88.3 cm³/mol. The number of hydrogen-bond donors (Lipinski definition) is 3. The van der Waals surface area contributed by atoms with Crippen LogP contribution in [0.15, 0.2) is 59.7 Å². The molecule has 2 aromatic rings. The molecule has 0 spiro atoms. The third kappa shape index (κ3) is 4.35. The van der Waals surface area contributed by atoms with Gasteiger partial charge in [-0.15, -0.1) is 0 Å². The van der Waals surface area contributed by atoms with E-state index in [1.54, 1.807) is 24.3 Å². The van der Waals surface area contributed by atoms with E-state index in [2.05, 4.69) is 15.8 Å². The molecule has 0 unspecified atom stereocenters. The fourth-order valence-electron chi connectivity index (χ4n) is 1.68. The van der Waals surface area contributed by atoms with Gasteiger partial charge in [0.2, 0.25) is 0 Å². The van der Waals surface area contributed by atoms with E-state index in [1.165, 1.54) is 12.1 Å². The van der Waals surface area contributed by atoms with E-state index in [4.69, 9.17) is 18.0 Å². The fraction of sp³-hybridized carbons (Fsp3) is 0. The number of nitrogens with two attached hydrogens (primary N) is 1. The average molecular weight is 316 g/mol. The molecule has 0 radical (unpaired) electrons. The van der Waals surface area contributed by atoms with Gasteiger partial charge in [0, 0.05) is 11.3 Å². The van der Waals surface area contributed by atoms with E-state index in [0.717, 1.165) is 0 Å². The van der Waals surface area contributed by atoms with E-state index in [9.17, 15) is 9.18 Å². The Kier molecular flexibility index (Phi) is 5.16. The molecule has 2 aromatic carbocycles. The normalized spacial score (nSPS) is 10.9. The Morgan fingerprint density at radius 2 is 1.73 bits per heavy atom. The second kappa shape index (κ2) is 7.28. The first-order valence-electron chi connectivity index (χ1n) is 6.32. The lowest BCUT2D eigenvalue weighted by Gasteiger charge is -2.11. The van der Waals surface area contributed by atoms with Gasteiger partial charge in [0.25, 0.3) is 0 Å². The molecule has 0 saturated carbocycles. The maximum atomic E-state index is 12.9. The van der Waals surface area contributed by atoms with Crippen LogP contribution >= 0.6 is 12.2 Å². The molecule has 0 aliphatic carbocycles. The van der Waals surface area contributed by atoms with E-state index in [1.807, 2.05) is 18.2 Å². The van der Waals surface area contributed by atoms with Crippen LogP contribution in [0.5, 0.6) is 0 Å². The molecule has 5 nitrogen and oxygen atoms in total. The van der Waals surface area contributed by atoms with Crippen LogP contribution in [0.4, 0.5) is 14.9 Å². The molecule has 22 heavy (non-hydrogen) atoms. The van der Waals surface area contributed by atoms with Gasteiger partial charge in [-0.25, -0.2) is 14.6 Å². The second-order valence-electron chi connectivity index (χ2n) is 4.26. The minimum Gasteiger partial charge on any atom is -0.350 e. The van der Waals surface area contributed by atoms with Gasteiger partial charge in [-0.3, -0.25) is 0 Å². The van der Waals surface area contributed by atoms with Gasteiger partial charge in [0.15, 0.2) is 0 Å². The number of nitrogens with one attached hydrogen (secondary N) is 2. The summed E-state index contributed by atoms with van der Waals surface area (Å²) in [5, 5.41) is 6.85. The molecule has 0 bridgehead atoms. The van der Waals surface area contributed by atoms with Gasteiger partial charge >= 0.3 is 6.03 Å². The molecule has 0 saturated heterocycles. The topological polar surface area (TPSA) is 79.5 Å². The maximum absolute atomic E-state index is 12.9. The van der Waals surface area contributed by atoms with Crippen molar-refractivity contribution in [2.75, 3.05) is 5.32 Å². The number of thiocarbonyl (C=S) groups is 1. The molecule has 0 heterocycles. The summed E-state index contributed by atoms with van der Waals surface area (Å²) < 4.78 is 12.9. The summed E-state index contributed by atoms with van der Waals surface area (Å²) >= 11 is 5.30. The third-order valence-electron chi connectivity index (χ3n) is 2.64. The van der Waals surface area contributed by atoms with Crippen LogP contribution in [-0.4, -0.2) is 16.7 Å². The summed E-state index contributed by atoms with van der Waals surface area (Å²) in [4.78, 5) is 11.1. The molecule has 2 rings (SSSR count). The highest BCUT2D eigenvalue weighted by Gasteiger charge is 2.11. The summed E-state index contributed by atoms with van der Waals surface area (Å²) in [6, 6.07) is 14.0. The van der Waals surface area contributed by atoms with Gasteiger partial charge in [-0.2, -0.15) is 5.10 Å². The van der Waals surface area contributed by atoms with Crippen LogP contribution < -0.4 is 16.5 Å². The van der Waals surface area contributed by atoms with Crippen molar-refractivity contribution in [1.82, 2.24) is 5.43 Å². The quantitative estimate of drug-likeness (QED) is 0.461. The summed E-state index contributed by atoms with van der Waals surface area (Å²) in [5.74, 6) is -0.344. The Morgan fingerprint density at radius 1 is 1.09 bits per heavy atom. The number of amides is 2. The number of hydrogen-bond acceptors (Lipinski definition) is 3. The smallest absolute Gasteiger partial charge is 0.332 e. The zero-order valence-electron chi connectivity index (χ0n) is 11.4. The van der Waals surface area contributed by atoms with Crippen molar-refractivity contribution in [3.8, 4) is 0 Å². The lowest BCUT2D eigenvalue weighted by atomic mass is 10.1. The van der Waals surface area contributed by atoms with Crippen LogP contribution in [0.1, 0.15) is 5.56 Å². The zero-order valence-corrected chi connectivity index (χ0v) is 12.2. The highest BCUT2D eigenvalue weighted by atomic mass is 32.1. The number of halogens is 1. The highest BCUT2D eigenvalue weighted by Crippen LogP contribution is 2.11. The van der Waals surface area contributed by atoms with Crippen LogP contribution in [0, 0.1) is 5.82 Å². The molecular weight excluding hydrogens is 303 g/mol. The molecule has 2 amide bonds. The van der Waals surface area contributed by atoms with Crippen LogP contribution in [0.2, 0.25) is 0 Å². The molecule has 0 fully saturated rings. The van der Waals surface area contributed by atoms with Gasteiger partial charge < -0.3 is 11.1 Å². The van der Waals surface area contributed by atoms with Crippen molar-refractivity contribution in [2.45, 2.75) is 0 Å². The monoisotopic (exact) mass is 316 g/mol. The number of urea groups is 1. The molecule has 4 N–H and O–H groups in total. The number of nitrogens with zero attached hydrogens (tertiary/aromatic N) is 1. The Bertz CT molecular complexity index is 701. The highest BCUT2D eigenvalue weighted by molar-refractivity contribution is 7.82. The van der Waals surface area contributed by atoms with Crippen molar-refractivity contribution in [3.05, 3.63) is 66.0 Å². The SMILES string of the molecule is NC(=O)N/N=C(\C(=S)Nc1ccc(F)cc1)c1ccccc1. The minimum absolute atomic E-state index is 0.270. The molecular formula is C15H13FN4OS. The Morgan fingerprint density at radius 3 is 2.32 bits per heavy atom. The number of primary amides is 1. The number of hydrazone groups is 1. The van der Waals surface area contributed by atoms with E-state index in [0.29, 0.717) is 17.0 Å². The number of anilines is 1. The largest absolute Gasteiger partial charge is 0.350 e. The van der Waals surface area contributed by atoms with Gasteiger partial charge in [-0.05, 0) is 24.3 Å². The van der Waals surface area contributed by atoms with Crippen molar-refractivity contribution in [1.29, 1.82) is 0 Å². The van der Waals surface area contributed by atoms with E-state index < -0.39 is 6.03 Å². The van der Waals surface area contributed by atoms with Gasteiger partial charge in [0.05, 0.1) is 0 Å². The van der Waals surface area contributed by atoms with Crippen molar-refractivity contribution < 1.29 is 9.18 Å². The summed E-state index contributed by atoms with van der Waals surface area (Å²) in [6.45, 7) is 0. The predicted octanol–water partition coefficient (Wildman–Crippen LogP) is 2.64. The van der Waals surface area contributed by atoms with Gasteiger partial charge in [-0.1, -0.05) is 42.5 Å². The fourth-order valence-corrected chi connectivity index (χ4v) is 1.96. The standard InChI is InChI=1S/C15H13FN4OS/c16-11-6-8-12(9-7-11)18-14(22)13(19-20-15(17)21)10-4-2-1-3-5-10/h1-9H,(H,18,22)(H3,17,20,21)/b19-13-. The first-order valence-corrected chi connectivity index (χ1v) is 6.72. The summed E-state index contributed by atoms with van der Waals surface area (Å²) in [5.41, 5.74) is 8.84. The zero-order chi connectivity index (χ0) is 15.9. The van der Waals surface area contributed by atoms with Crippen molar-refractivity contribution in [3.63, 3.8) is 0 Å². The number of rotatable bonds is 4. The molecule has 0 atom stereocenters. The summed E-state index contributed by atoms with van der Waals surface area (Å²) in [6.07, 6.45) is 0. The van der Waals surface area contributed by atoms with E-state index in [-0.39, 0.29) is 10.8 Å². The van der Waals surface area contributed by atoms with Crippen LogP contribution in [-0.2, 0) is 0 Å². The van der Waals surface area contributed by atoms with Crippen LogP contribution in [0.25, 0.3) is 0 Å². The Labute approximate surface area is 132 Å². The van der Waals surface area contributed by atoms with Crippen molar-refractivity contribution in [2.24, 2.45) is 10.8 Å². The molecule has 0 aliphatic heterocycles. The number of carbonyl (C=O) groups is 1. The molecule has 7 heteroatoms. The molecule has 0 aromatic heterocycles. The number of benzene rings is 2. The van der Waals surface area contributed by atoms with Crippen LogP contribution in [0.3, 0.4) is 0 Å². The second-order valence-corrected chi connectivity index (χ2v) is 4.67. The Balaban J connectivity index is 2.24. The maximum Gasteiger partial charge on any atom is 0.332 e. The molecule has 0 aliphatic rings.